The number of thiazole rings is 1. The van der Waals surface area contributed by atoms with Crippen molar-refractivity contribution < 1.29 is 14.3 Å². The molecule has 0 unspecified atom stereocenters. The fourth-order valence-corrected chi connectivity index (χ4v) is 3.76. The molecule has 6 heteroatoms. The Kier molecular flexibility index (Phi) is 5.10. The second-order valence-electron chi connectivity index (χ2n) is 5.63. The highest BCUT2D eigenvalue weighted by molar-refractivity contribution is 7.16. The van der Waals surface area contributed by atoms with Gasteiger partial charge in [0.15, 0.2) is 16.3 Å². The van der Waals surface area contributed by atoms with E-state index in [1.165, 1.54) is 18.4 Å². The lowest BCUT2D eigenvalue weighted by Crippen LogP contribution is -2.16. The first kappa shape index (κ1) is 17.8. The quantitative estimate of drug-likeness (QED) is 0.665. The van der Waals surface area contributed by atoms with E-state index in [0.29, 0.717) is 28.4 Å². The monoisotopic (exact) mass is 366 g/mol. The van der Waals surface area contributed by atoms with Gasteiger partial charge in [-0.25, -0.2) is 0 Å². The van der Waals surface area contributed by atoms with Gasteiger partial charge >= 0.3 is 0 Å². The first-order chi connectivity index (χ1) is 12.6. The number of aryl methyl sites for hydroxylation is 1. The molecule has 3 rings (SSSR count). The molecule has 0 fully saturated rings. The van der Waals surface area contributed by atoms with Gasteiger partial charge in [-0.2, -0.15) is 4.99 Å². The highest BCUT2D eigenvalue weighted by atomic mass is 32.1. The summed E-state index contributed by atoms with van der Waals surface area (Å²) in [6.07, 6.45) is 5.50. The molecule has 0 aliphatic carbocycles. The Hall–Kier alpha value is -3.04. The van der Waals surface area contributed by atoms with Crippen LogP contribution in [0.5, 0.6) is 11.5 Å². The number of benzene rings is 2. The lowest BCUT2D eigenvalue weighted by atomic mass is 10.2. The Morgan fingerprint density at radius 2 is 1.96 bits per heavy atom. The zero-order chi connectivity index (χ0) is 18.7. The molecule has 0 atom stereocenters. The molecule has 0 saturated carbocycles. The standard InChI is InChI=1S/C20H18N2O3S/c1-5-10-22-15-8-6-13(2)11-18(15)26-20(22)21-19(23)14-7-9-16(24-3)17(12-14)25-4/h1,6-9,11-12H,10H2,2-4H3. The van der Waals surface area contributed by atoms with E-state index in [0.717, 1.165) is 15.8 Å². The Bertz CT molecular complexity index is 1090. The second kappa shape index (κ2) is 7.46. The molecule has 1 heterocycles. The smallest absolute Gasteiger partial charge is 0.279 e. The highest BCUT2D eigenvalue weighted by Crippen LogP contribution is 2.27. The van der Waals surface area contributed by atoms with E-state index in [1.54, 1.807) is 25.3 Å². The fourth-order valence-electron chi connectivity index (χ4n) is 2.63. The summed E-state index contributed by atoms with van der Waals surface area (Å²) in [5, 5.41) is 0. The van der Waals surface area contributed by atoms with Crippen LogP contribution in [0.1, 0.15) is 15.9 Å². The van der Waals surface area contributed by atoms with Gasteiger partial charge in [0, 0.05) is 5.56 Å². The van der Waals surface area contributed by atoms with Crippen molar-refractivity contribution in [1.82, 2.24) is 4.57 Å². The number of fused-ring (bicyclic) bond motifs is 1. The Balaban J connectivity index is 2.11. The maximum Gasteiger partial charge on any atom is 0.279 e. The van der Waals surface area contributed by atoms with Gasteiger partial charge in [0.25, 0.3) is 5.91 Å². The van der Waals surface area contributed by atoms with Gasteiger partial charge in [-0.1, -0.05) is 23.3 Å². The topological polar surface area (TPSA) is 52.8 Å². The third-order valence-electron chi connectivity index (χ3n) is 3.92. The zero-order valence-corrected chi connectivity index (χ0v) is 15.6. The second-order valence-corrected chi connectivity index (χ2v) is 6.64. The molecular weight excluding hydrogens is 348 g/mol. The molecule has 0 aliphatic rings. The van der Waals surface area contributed by atoms with Crippen LogP contribution in [-0.4, -0.2) is 24.7 Å². The Morgan fingerprint density at radius 1 is 1.19 bits per heavy atom. The fraction of sp³-hybridized carbons (Fsp3) is 0.200. The minimum absolute atomic E-state index is 0.348. The summed E-state index contributed by atoms with van der Waals surface area (Å²) in [7, 11) is 3.07. The van der Waals surface area contributed by atoms with Gasteiger partial charge in [0.1, 0.15) is 0 Å². The van der Waals surface area contributed by atoms with Gasteiger partial charge in [0.2, 0.25) is 0 Å². The van der Waals surface area contributed by atoms with E-state index in [9.17, 15) is 4.79 Å². The van der Waals surface area contributed by atoms with E-state index < -0.39 is 0 Å². The minimum atomic E-state index is -0.361. The highest BCUT2D eigenvalue weighted by Gasteiger charge is 2.12. The summed E-state index contributed by atoms with van der Waals surface area (Å²) in [5.74, 6) is 3.31. The van der Waals surface area contributed by atoms with Crippen LogP contribution in [0.3, 0.4) is 0 Å². The van der Waals surface area contributed by atoms with Crippen molar-refractivity contribution in [3.05, 3.63) is 52.3 Å². The number of methoxy groups -OCH3 is 2. The maximum absolute atomic E-state index is 12.7. The van der Waals surface area contributed by atoms with Crippen LogP contribution in [0.2, 0.25) is 0 Å². The van der Waals surface area contributed by atoms with E-state index in [-0.39, 0.29) is 5.91 Å². The summed E-state index contributed by atoms with van der Waals surface area (Å²) in [4.78, 5) is 17.5. The number of aromatic nitrogens is 1. The van der Waals surface area contributed by atoms with Crippen LogP contribution in [0.4, 0.5) is 0 Å². The van der Waals surface area contributed by atoms with Gasteiger partial charge in [-0.15, -0.1) is 6.42 Å². The van der Waals surface area contributed by atoms with E-state index in [1.807, 2.05) is 23.6 Å². The molecule has 0 N–H and O–H groups in total. The number of nitrogens with zero attached hydrogens (tertiary/aromatic N) is 2. The van der Waals surface area contributed by atoms with E-state index in [4.69, 9.17) is 15.9 Å². The van der Waals surface area contributed by atoms with E-state index in [2.05, 4.69) is 17.0 Å². The minimum Gasteiger partial charge on any atom is -0.493 e. The number of ether oxygens (including phenoxy) is 2. The van der Waals surface area contributed by atoms with Crippen LogP contribution in [0, 0.1) is 19.3 Å². The predicted molar refractivity (Wildman–Crippen MR) is 103 cm³/mol. The molecule has 0 bridgehead atoms. The van der Waals surface area contributed by atoms with Crippen molar-refractivity contribution in [3.63, 3.8) is 0 Å². The first-order valence-electron chi connectivity index (χ1n) is 7.92. The molecule has 0 radical (unpaired) electrons. The van der Waals surface area contributed by atoms with Crippen molar-refractivity contribution in [2.24, 2.45) is 4.99 Å². The maximum atomic E-state index is 12.7. The molecule has 2 aromatic carbocycles. The number of terminal acetylenes is 1. The first-order valence-corrected chi connectivity index (χ1v) is 8.73. The molecular formula is C20H18N2O3S. The number of hydrogen-bond donors (Lipinski definition) is 0. The van der Waals surface area contributed by atoms with Gasteiger partial charge in [-0.3, -0.25) is 4.79 Å². The average Bonchev–Trinajstić information content (AvgIpc) is 2.97. The third-order valence-corrected chi connectivity index (χ3v) is 4.96. The predicted octanol–water partition coefficient (Wildman–Crippen LogP) is 3.40. The third kappa shape index (κ3) is 3.35. The SMILES string of the molecule is C#CCn1c(=NC(=O)c2ccc(OC)c(OC)c2)sc2cc(C)ccc21. The number of carbonyl (C=O) groups excluding carboxylic acids is 1. The summed E-state index contributed by atoms with van der Waals surface area (Å²) in [5.41, 5.74) is 2.53. The van der Waals surface area contributed by atoms with Crippen LogP contribution >= 0.6 is 11.3 Å². The van der Waals surface area contributed by atoms with Crippen LogP contribution in [0.25, 0.3) is 10.2 Å². The molecule has 5 nitrogen and oxygen atoms in total. The zero-order valence-electron chi connectivity index (χ0n) is 14.8. The molecule has 3 aromatic rings. The molecule has 26 heavy (non-hydrogen) atoms. The number of carbonyl (C=O) groups is 1. The van der Waals surface area contributed by atoms with Crippen molar-refractivity contribution in [3.8, 4) is 23.8 Å². The Labute approximate surface area is 155 Å². The molecule has 1 amide bonds. The lowest BCUT2D eigenvalue weighted by Gasteiger charge is -2.07. The average molecular weight is 366 g/mol. The summed E-state index contributed by atoms with van der Waals surface area (Å²) < 4.78 is 13.4. The van der Waals surface area contributed by atoms with Gasteiger partial charge < -0.3 is 14.0 Å². The number of amides is 1. The van der Waals surface area contributed by atoms with Gasteiger partial charge in [0.05, 0.1) is 31.0 Å². The lowest BCUT2D eigenvalue weighted by molar-refractivity contribution is 0.0997. The van der Waals surface area contributed by atoms with Crippen molar-refractivity contribution in [2.75, 3.05) is 14.2 Å². The number of hydrogen-bond acceptors (Lipinski definition) is 4. The molecule has 0 aliphatic heterocycles. The van der Waals surface area contributed by atoms with Crippen LogP contribution in [-0.2, 0) is 6.54 Å². The van der Waals surface area contributed by atoms with Crippen molar-refractivity contribution in [1.29, 1.82) is 0 Å². The molecule has 0 spiro atoms. The van der Waals surface area contributed by atoms with Crippen molar-refractivity contribution in [2.45, 2.75) is 13.5 Å². The molecule has 132 valence electrons. The summed E-state index contributed by atoms with van der Waals surface area (Å²) in [6, 6.07) is 11.0. The van der Waals surface area contributed by atoms with Crippen LogP contribution < -0.4 is 14.3 Å². The number of rotatable bonds is 4. The van der Waals surface area contributed by atoms with Crippen molar-refractivity contribution >= 4 is 27.5 Å². The Morgan fingerprint density at radius 3 is 2.65 bits per heavy atom. The van der Waals surface area contributed by atoms with E-state index >= 15 is 0 Å². The summed E-state index contributed by atoms with van der Waals surface area (Å²) in [6.45, 7) is 2.37. The normalized spacial score (nSPS) is 11.4. The van der Waals surface area contributed by atoms with Gasteiger partial charge in [-0.05, 0) is 42.8 Å². The van der Waals surface area contributed by atoms with Crippen LogP contribution in [0.15, 0.2) is 41.4 Å². The largest absolute Gasteiger partial charge is 0.493 e. The molecule has 1 aromatic heterocycles. The summed E-state index contributed by atoms with van der Waals surface area (Å²) >= 11 is 1.44. The molecule has 0 saturated heterocycles.